The van der Waals surface area contributed by atoms with Crippen LogP contribution in [-0.4, -0.2) is 0 Å². The van der Waals surface area contributed by atoms with Gasteiger partial charge in [-0.2, -0.15) is 0 Å². The van der Waals surface area contributed by atoms with Crippen molar-refractivity contribution in [2.45, 2.75) is 25.1 Å². The van der Waals surface area contributed by atoms with E-state index in [1.807, 2.05) is 18.2 Å². The van der Waals surface area contributed by atoms with Crippen molar-refractivity contribution < 1.29 is 0 Å². The normalized spacial score (nSPS) is 12.7. The van der Waals surface area contributed by atoms with Crippen molar-refractivity contribution in [1.82, 2.24) is 0 Å². The Morgan fingerprint density at radius 1 is 0.895 bits per heavy atom. The van der Waals surface area contributed by atoms with Crippen molar-refractivity contribution in [2.24, 2.45) is 0 Å². The van der Waals surface area contributed by atoms with Crippen molar-refractivity contribution in [3.8, 4) is 0 Å². The van der Waals surface area contributed by atoms with Gasteiger partial charge in [-0.1, -0.05) is 76.0 Å². The molecule has 1 unspecified atom stereocenters. The first-order chi connectivity index (χ1) is 8.99. The van der Waals surface area contributed by atoms with E-state index in [4.69, 9.17) is 11.6 Å². The molecule has 0 radical (unpaired) electrons. The van der Waals surface area contributed by atoms with Gasteiger partial charge in [0.05, 0.1) is 5.38 Å². The molecule has 1 atom stereocenters. The molecule has 0 aromatic heterocycles. The maximum absolute atomic E-state index is 6.58. The molecule has 3 heteroatoms. The fourth-order valence-electron chi connectivity index (χ4n) is 1.94. The molecule has 0 N–H and O–H groups in total. The van der Waals surface area contributed by atoms with Crippen LogP contribution < -0.4 is 0 Å². The van der Waals surface area contributed by atoms with Gasteiger partial charge in [0.1, 0.15) is 0 Å². The number of hydrogen-bond donors (Lipinski definition) is 0. The third-order valence-corrected chi connectivity index (χ3v) is 4.80. The highest BCUT2D eigenvalue weighted by Crippen LogP contribution is 2.35. The lowest BCUT2D eigenvalue weighted by Crippen LogP contribution is -1.96. The Morgan fingerprint density at radius 2 is 1.47 bits per heavy atom. The first-order valence-electron chi connectivity index (χ1n) is 6.18. The third-order valence-electron chi connectivity index (χ3n) is 3.13. The van der Waals surface area contributed by atoms with Crippen LogP contribution in [0, 0.1) is 0 Å². The molecular weight excluding hydrogens is 387 g/mol. The van der Waals surface area contributed by atoms with Gasteiger partial charge in [-0.15, -0.1) is 11.6 Å². The summed E-state index contributed by atoms with van der Waals surface area (Å²) >= 11 is 13.6. The second-order valence-corrected chi connectivity index (χ2v) is 7.06. The van der Waals surface area contributed by atoms with Crippen molar-refractivity contribution in [3.05, 3.63) is 68.1 Å². The fraction of sp³-hybridized carbons (Fsp3) is 0.250. The van der Waals surface area contributed by atoms with Gasteiger partial charge in [-0.3, -0.25) is 0 Å². The summed E-state index contributed by atoms with van der Waals surface area (Å²) in [5.74, 6) is 0.544. The average molecular weight is 403 g/mol. The first-order valence-corrected chi connectivity index (χ1v) is 8.20. The number of rotatable bonds is 3. The zero-order chi connectivity index (χ0) is 14.0. The Balaban J connectivity index is 2.30. The van der Waals surface area contributed by atoms with Crippen molar-refractivity contribution in [1.29, 1.82) is 0 Å². The summed E-state index contributed by atoms with van der Waals surface area (Å²) in [6, 6.07) is 14.6. The second kappa shape index (κ2) is 6.43. The Labute approximate surface area is 136 Å². The van der Waals surface area contributed by atoms with E-state index in [0.29, 0.717) is 5.92 Å². The Bertz CT molecular complexity index is 561. The van der Waals surface area contributed by atoms with Crippen LogP contribution in [0.2, 0.25) is 0 Å². The number of hydrogen-bond acceptors (Lipinski definition) is 0. The lowest BCUT2D eigenvalue weighted by molar-refractivity contribution is 0.865. The highest BCUT2D eigenvalue weighted by Gasteiger charge is 2.14. The van der Waals surface area contributed by atoms with Crippen LogP contribution in [0.4, 0.5) is 0 Å². The minimum Gasteiger partial charge on any atom is -0.113 e. The van der Waals surface area contributed by atoms with E-state index in [9.17, 15) is 0 Å². The molecule has 2 aromatic carbocycles. The van der Waals surface area contributed by atoms with Gasteiger partial charge < -0.3 is 0 Å². The van der Waals surface area contributed by atoms with Gasteiger partial charge >= 0.3 is 0 Å². The minimum absolute atomic E-state index is 0.135. The molecule has 0 fully saturated rings. The smallest absolute Gasteiger partial charge is 0.0846 e. The van der Waals surface area contributed by atoms with Gasteiger partial charge in [0.15, 0.2) is 0 Å². The van der Waals surface area contributed by atoms with Crippen LogP contribution in [0.1, 0.15) is 41.8 Å². The third kappa shape index (κ3) is 3.62. The highest BCUT2D eigenvalue weighted by molar-refractivity contribution is 9.11. The molecule has 0 aliphatic rings. The molecule has 0 spiro atoms. The number of alkyl halides is 1. The standard InChI is InChI=1S/C16H15Br2Cl/c1-10(2)11-3-5-12(6-4-11)16(19)14-8-7-13(17)9-15(14)18/h3-10,16H,1-2H3. The fourth-order valence-corrected chi connectivity index (χ4v) is 3.68. The topological polar surface area (TPSA) is 0 Å². The largest absolute Gasteiger partial charge is 0.113 e. The molecule has 19 heavy (non-hydrogen) atoms. The van der Waals surface area contributed by atoms with Crippen LogP contribution >= 0.6 is 43.5 Å². The summed E-state index contributed by atoms with van der Waals surface area (Å²) in [4.78, 5) is 0. The summed E-state index contributed by atoms with van der Waals surface area (Å²) in [6.45, 7) is 4.39. The predicted molar refractivity (Wildman–Crippen MR) is 90.1 cm³/mol. The van der Waals surface area contributed by atoms with E-state index in [2.05, 4.69) is 70.0 Å². The molecule has 0 nitrogen and oxygen atoms in total. The SMILES string of the molecule is CC(C)c1ccc(C(Cl)c2ccc(Br)cc2Br)cc1. The van der Waals surface area contributed by atoms with Gasteiger partial charge in [0, 0.05) is 8.95 Å². The van der Waals surface area contributed by atoms with E-state index in [0.717, 1.165) is 20.1 Å². The molecule has 0 aliphatic heterocycles. The van der Waals surface area contributed by atoms with Gasteiger partial charge in [0.25, 0.3) is 0 Å². The van der Waals surface area contributed by atoms with Crippen LogP contribution in [0.25, 0.3) is 0 Å². The lowest BCUT2D eigenvalue weighted by atomic mass is 9.98. The molecule has 0 saturated carbocycles. The first kappa shape index (κ1) is 15.1. The van der Waals surface area contributed by atoms with Gasteiger partial charge in [-0.05, 0) is 34.7 Å². The van der Waals surface area contributed by atoms with Gasteiger partial charge in [-0.25, -0.2) is 0 Å². The molecule has 2 rings (SSSR count). The van der Waals surface area contributed by atoms with Crippen LogP contribution in [0.5, 0.6) is 0 Å². The van der Waals surface area contributed by atoms with E-state index in [1.165, 1.54) is 5.56 Å². The lowest BCUT2D eigenvalue weighted by Gasteiger charge is -2.14. The average Bonchev–Trinajstić information content (AvgIpc) is 2.38. The monoisotopic (exact) mass is 400 g/mol. The summed E-state index contributed by atoms with van der Waals surface area (Å²) in [7, 11) is 0. The van der Waals surface area contributed by atoms with E-state index in [-0.39, 0.29) is 5.38 Å². The molecule has 2 aromatic rings. The van der Waals surface area contributed by atoms with Crippen molar-refractivity contribution >= 4 is 43.5 Å². The minimum atomic E-state index is -0.135. The molecular formula is C16H15Br2Cl. The van der Waals surface area contributed by atoms with E-state index < -0.39 is 0 Å². The van der Waals surface area contributed by atoms with Gasteiger partial charge in [0.2, 0.25) is 0 Å². The molecule has 100 valence electrons. The summed E-state index contributed by atoms with van der Waals surface area (Å²) in [6.07, 6.45) is 0. The summed E-state index contributed by atoms with van der Waals surface area (Å²) in [5.41, 5.74) is 3.54. The number of halogens is 3. The summed E-state index contributed by atoms with van der Waals surface area (Å²) < 4.78 is 2.07. The zero-order valence-electron chi connectivity index (χ0n) is 10.8. The van der Waals surface area contributed by atoms with Crippen molar-refractivity contribution in [3.63, 3.8) is 0 Å². The molecule has 0 bridgehead atoms. The predicted octanol–water partition coefficient (Wildman–Crippen LogP) is 6.66. The van der Waals surface area contributed by atoms with Crippen LogP contribution in [-0.2, 0) is 0 Å². The van der Waals surface area contributed by atoms with E-state index >= 15 is 0 Å². The quantitative estimate of drug-likeness (QED) is 0.503. The molecule has 0 amide bonds. The van der Waals surface area contributed by atoms with E-state index in [1.54, 1.807) is 0 Å². The van der Waals surface area contributed by atoms with Crippen LogP contribution in [0.3, 0.4) is 0 Å². The second-order valence-electron chi connectivity index (χ2n) is 4.85. The maximum atomic E-state index is 6.58. The Kier molecular flexibility index (Phi) is 5.10. The van der Waals surface area contributed by atoms with Crippen molar-refractivity contribution in [2.75, 3.05) is 0 Å². The molecule has 0 aliphatic carbocycles. The summed E-state index contributed by atoms with van der Waals surface area (Å²) in [5, 5.41) is -0.135. The maximum Gasteiger partial charge on any atom is 0.0846 e. The zero-order valence-corrected chi connectivity index (χ0v) is 14.8. The van der Waals surface area contributed by atoms with Crippen LogP contribution in [0.15, 0.2) is 51.4 Å². The highest BCUT2D eigenvalue weighted by atomic mass is 79.9. The molecule has 0 saturated heterocycles. The Hall–Kier alpha value is -0.310. The Morgan fingerprint density at radius 3 is 2.00 bits per heavy atom. The molecule has 0 heterocycles. The number of benzene rings is 2.